The number of oxazole rings is 1. The molecule has 4 aromatic rings. The number of sulfonamides is 1. The van der Waals surface area contributed by atoms with Crippen LogP contribution < -0.4 is 10.5 Å². The van der Waals surface area contributed by atoms with Gasteiger partial charge in [0, 0.05) is 56.1 Å². The molecule has 0 bridgehead atoms. The Labute approximate surface area is 283 Å². The van der Waals surface area contributed by atoms with Gasteiger partial charge in [0.15, 0.2) is 17.5 Å². The van der Waals surface area contributed by atoms with Crippen LogP contribution in [0.1, 0.15) is 70.3 Å². The zero-order valence-corrected chi connectivity index (χ0v) is 29.0. The normalized spacial score (nSPS) is 13.1. The second-order valence-corrected chi connectivity index (χ2v) is 14.5. The van der Waals surface area contributed by atoms with Crippen LogP contribution >= 0.6 is 0 Å². The summed E-state index contributed by atoms with van der Waals surface area (Å²) >= 11 is 0. The molecule has 0 aliphatic carbocycles. The Hall–Kier alpha value is -4.32. The standard InChI is InChI=1S/C37H45N3O7S/c1-24(2)22-40(48(44,45)33-13-11-32(46-5)12-14-33)23-36(43)28(17-27-9-7-6-8-10-27)21-35(42)30-18-29(19-31(38)20-30)34(41)15-16-37-25(3)39-26(4)47-37/h6-14,18-20,24,28,36,43H,15-17,21-23,38H2,1-5H3/t28-,36-/m1/s1. The Balaban J connectivity index is 1.57. The predicted molar refractivity (Wildman–Crippen MR) is 185 cm³/mol. The summed E-state index contributed by atoms with van der Waals surface area (Å²) in [5.74, 6) is 0.519. The van der Waals surface area contributed by atoms with E-state index in [1.807, 2.05) is 51.1 Å². The smallest absolute Gasteiger partial charge is 0.243 e. The molecule has 0 spiro atoms. The minimum Gasteiger partial charge on any atom is -0.497 e. The first-order chi connectivity index (χ1) is 22.8. The minimum atomic E-state index is -3.98. The van der Waals surface area contributed by atoms with Gasteiger partial charge in [-0.2, -0.15) is 4.31 Å². The lowest BCUT2D eigenvalue weighted by molar-refractivity contribution is 0.0689. The van der Waals surface area contributed by atoms with Gasteiger partial charge in [0.2, 0.25) is 10.0 Å². The van der Waals surface area contributed by atoms with Crippen LogP contribution in [0.5, 0.6) is 5.75 Å². The molecule has 4 rings (SSSR count). The number of aryl methyl sites for hydroxylation is 3. The maximum atomic E-state index is 13.8. The molecule has 0 saturated heterocycles. The number of nitrogens with zero attached hydrogens (tertiary/aromatic N) is 2. The van der Waals surface area contributed by atoms with Crippen molar-refractivity contribution in [2.24, 2.45) is 11.8 Å². The largest absolute Gasteiger partial charge is 0.497 e. The highest BCUT2D eigenvalue weighted by Gasteiger charge is 2.32. The second kappa shape index (κ2) is 16.2. The number of carbonyl (C=O) groups is 2. The lowest BCUT2D eigenvalue weighted by Gasteiger charge is -2.30. The van der Waals surface area contributed by atoms with Gasteiger partial charge in [-0.1, -0.05) is 44.2 Å². The van der Waals surface area contributed by atoms with Crippen molar-refractivity contribution in [3.8, 4) is 5.75 Å². The van der Waals surface area contributed by atoms with Crippen molar-refractivity contribution < 1.29 is 32.3 Å². The van der Waals surface area contributed by atoms with Crippen molar-refractivity contribution >= 4 is 27.3 Å². The van der Waals surface area contributed by atoms with E-state index in [4.69, 9.17) is 14.9 Å². The summed E-state index contributed by atoms with van der Waals surface area (Å²) in [6.45, 7) is 7.34. The number of hydrogen-bond acceptors (Lipinski definition) is 9. The molecule has 0 aliphatic heterocycles. The van der Waals surface area contributed by atoms with Crippen LogP contribution in [0.2, 0.25) is 0 Å². The fourth-order valence-corrected chi connectivity index (χ4v) is 7.32. The highest BCUT2D eigenvalue weighted by atomic mass is 32.2. The van der Waals surface area contributed by atoms with Crippen LogP contribution in [0.25, 0.3) is 0 Å². The molecule has 256 valence electrons. The number of nitrogens with two attached hydrogens (primary N) is 1. The highest BCUT2D eigenvalue weighted by molar-refractivity contribution is 7.89. The van der Waals surface area contributed by atoms with Crippen LogP contribution in [0, 0.1) is 25.7 Å². The molecule has 0 aliphatic rings. The third kappa shape index (κ3) is 9.62. The first-order valence-corrected chi connectivity index (χ1v) is 17.5. The fourth-order valence-electron chi connectivity index (χ4n) is 5.70. The Morgan fingerprint density at radius 3 is 2.19 bits per heavy atom. The van der Waals surface area contributed by atoms with Crippen LogP contribution in [-0.2, 0) is 22.9 Å². The first-order valence-electron chi connectivity index (χ1n) is 16.0. The van der Waals surface area contributed by atoms with Crippen LogP contribution in [0.3, 0.4) is 0 Å². The fraction of sp³-hybridized carbons (Fsp3) is 0.378. The number of aromatic nitrogens is 1. The van der Waals surface area contributed by atoms with Crippen LogP contribution in [0.15, 0.2) is 82.1 Å². The zero-order chi connectivity index (χ0) is 35.0. The molecule has 3 N–H and O–H groups in total. The molecule has 48 heavy (non-hydrogen) atoms. The summed E-state index contributed by atoms with van der Waals surface area (Å²) < 4.78 is 39.6. The third-order valence-corrected chi connectivity index (χ3v) is 10.0. The van der Waals surface area contributed by atoms with Crippen LogP contribution in [-0.4, -0.2) is 60.7 Å². The molecule has 11 heteroatoms. The van der Waals surface area contributed by atoms with Gasteiger partial charge in [0.1, 0.15) is 11.5 Å². The van der Waals surface area contributed by atoms with E-state index in [1.165, 1.54) is 35.7 Å². The minimum absolute atomic E-state index is 0.0281. The number of Topliss-reactive ketones (excluding diaryl/α,β-unsaturated/α-hetero) is 2. The van der Waals surface area contributed by atoms with Gasteiger partial charge >= 0.3 is 0 Å². The Kier molecular flexibility index (Phi) is 12.3. The molecule has 2 atom stereocenters. The number of ether oxygens (including phenoxy) is 1. The van der Waals surface area contributed by atoms with Gasteiger partial charge in [0.25, 0.3) is 0 Å². The average Bonchev–Trinajstić information content (AvgIpc) is 3.38. The van der Waals surface area contributed by atoms with Crippen molar-refractivity contribution in [3.63, 3.8) is 0 Å². The van der Waals surface area contributed by atoms with Crippen molar-refractivity contribution in [2.45, 2.75) is 64.4 Å². The monoisotopic (exact) mass is 675 g/mol. The Morgan fingerprint density at radius 1 is 0.958 bits per heavy atom. The van der Waals surface area contributed by atoms with E-state index in [0.29, 0.717) is 35.8 Å². The van der Waals surface area contributed by atoms with Crippen LogP contribution in [0.4, 0.5) is 5.69 Å². The molecular weight excluding hydrogens is 630 g/mol. The number of aliphatic hydroxyl groups is 1. The second-order valence-electron chi connectivity index (χ2n) is 12.5. The van der Waals surface area contributed by atoms with E-state index in [2.05, 4.69) is 4.98 Å². The Morgan fingerprint density at radius 2 is 1.60 bits per heavy atom. The summed E-state index contributed by atoms with van der Waals surface area (Å²) in [5.41, 5.74) is 8.60. The molecule has 0 amide bonds. The summed E-state index contributed by atoms with van der Waals surface area (Å²) in [4.78, 5) is 31.3. The van der Waals surface area contributed by atoms with E-state index in [-0.39, 0.29) is 59.6 Å². The molecular formula is C37H45N3O7S. The Bertz CT molecular complexity index is 1800. The van der Waals surface area contributed by atoms with Gasteiger partial charge in [-0.15, -0.1) is 0 Å². The van der Waals surface area contributed by atoms with Gasteiger partial charge in [-0.3, -0.25) is 9.59 Å². The predicted octanol–water partition coefficient (Wildman–Crippen LogP) is 5.84. The topological polar surface area (TPSA) is 153 Å². The molecule has 0 radical (unpaired) electrons. The summed E-state index contributed by atoms with van der Waals surface area (Å²) in [5, 5.41) is 11.7. The number of methoxy groups -OCH3 is 1. The van der Waals surface area contributed by atoms with E-state index >= 15 is 0 Å². The highest BCUT2D eigenvalue weighted by Crippen LogP contribution is 2.26. The van der Waals surface area contributed by atoms with E-state index < -0.39 is 22.0 Å². The molecule has 0 fully saturated rings. The number of nitrogen functional groups attached to an aromatic ring is 1. The maximum Gasteiger partial charge on any atom is 0.243 e. The summed E-state index contributed by atoms with van der Waals surface area (Å²) in [6, 6.07) is 20.1. The lowest BCUT2D eigenvalue weighted by Crippen LogP contribution is -2.43. The van der Waals surface area contributed by atoms with Gasteiger partial charge in [-0.05, 0) is 73.2 Å². The first kappa shape index (κ1) is 36.5. The number of rotatable bonds is 17. The number of ketones is 2. The van der Waals surface area contributed by atoms with Crippen molar-refractivity contribution in [1.82, 2.24) is 9.29 Å². The molecule has 0 saturated carbocycles. The average molecular weight is 676 g/mol. The summed E-state index contributed by atoms with van der Waals surface area (Å²) in [7, 11) is -2.48. The molecule has 1 heterocycles. The lowest BCUT2D eigenvalue weighted by atomic mass is 9.87. The number of carbonyl (C=O) groups excluding carboxylic acids is 2. The third-order valence-electron chi connectivity index (χ3n) is 8.17. The van der Waals surface area contributed by atoms with E-state index in [9.17, 15) is 23.1 Å². The van der Waals surface area contributed by atoms with E-state index in [1.54, 1.807) is 25.1 Å². The number of benzene rings is 3. The molecule has 1 aromatic heterocycles. The van der Waals surface area contributed by atoms with Crippen molar-refractivity contribution in [2.75, 3.05) is 25.9 Å². The van der Waals surface area contributed by atoms with Crippen molar-refractivity contribution in [1.29, 1.82) is 0 Å². The quantitative estimate of drug-likeness (QED) is 0.104. The molecule has 10 nitrogen and oxygen atoms in total. The maximum absolute atomic E-state index is 13.8. The molecule has 0 unspecified atom stereocenters. The molecule has 3 aromatic carbocycles. The van der Waals surface area contributed by atoms with Crippen molar-refractivity contribution in [3.05, 3.63) is 107 Å². The van der Waals surface area contributed by atoms with Gasteiger partial charge < -0.3 is 20.0 Å². The van der Waals surface area contributed by atoms with Gasteiger partial charge in [0.05, 0.1) is 23.8 Å². The van der Waals surface area contributed by atoms with E-state index in [0.717, 1.165) is 11.3 Å². The summed E-state index contributed by atoms with van der Waals surface area (Å²) in [6.07, 6.45) is -0.438. The van der Waals surface area contributed by atoms with Gasteiger partial charge in [-0.25, -0.2) is 13.4 Å². The zero-order valence-electron chi connectivity index (χ0n) is 28.2. The number of aliphatic hydroxyl groups excluding tert-OH is 1. The number of anilines is 1. The number of hydrogen-bond donors (Lipinski definition) is 2. The SMILES string of the molecule is COc1ccc(S(=O)(=O)N(CC(C)C)C[C@@H](O)[C@@H](CC(=O)c2cc(N)cc(C(=O)CCc3oc(C)nc3C)c2)Cc2ccccc2)cc1.